The number of hydrogen-bond donors (Lipinski definition) is 2. The number of methoxy groups -OCH3 is 2. The lowest BCUT2D eigenvalue weighted by Gasteiger charge is -2.22. The van der Waals surface area contributed by atoms with Crippen molar-refractivity contribution in [3.05, 3.63) is 48.0 Å². The Balaban J connectivity index is 2.23. The minimum atomic E-state index is -1.14. The van der Waals surface area contributed by atoms with Crippen LogP contribution in [-0.4, -0.2) is 43.0 Å². The number of carbonyl (C=O) groups excluding carboxylic acids is 1. The third-order valence-electron chi connectivity index (χ3n) is 4.08. The van der Waals surface area contributed by atoms with Crippen LogP contribution in [0, 0.1) is 0 Å². The number of nitrogens with one attached hydrogen (secondary N) is 1. The van der Waals surface area contributed by atoms with Gasteiger partial charge in [-0.3, -0.25) is 0 Å². The molecule has 7 heteroatoms. The third kappa shape index (κ3) is 6.41. The number of alkyl carbamates (subject to hydrolysis) is 1. The van der Waals surface area contributed by atoms with Gasteiger partial charge in [0.25, 0.3) is 0 Å². The molecular formula is C22H27NO6. The molecule has 2 rings (SSSR count). The summed E-state index contributed by atoms with van der Waals surface area (Å²) in [5.74, 6) is 0.181. The molecule has 0 bridgehead atoms. The molecule has 1 amide bonds. The summed E-state index contributed by atoms with van der Waals surface area (Å²) in [7, 11) is 3.16. The third-order valence-corrected chi connectivity index (χ3v) is 4.08. The van der Waals surface area contributed by atoms with Gasteiger partial charge in [0.15, 0.2) is 0 Å². The smallest absolute Gasteiger partial charge is 0.408 e. The van der Waals surface area contributed by atoms with E-state index in [9.17, 15) is 14.7 Å². The molecule has 0 spiro atoms. The zero-order chi connectivity index (χ0) is 21.6. The summed E-state index contributed by atoms with van der Waals surface area (Å²) < 4.78 is 15.8. The van der Waals surface area contributed by atoms with Crippen LogP contribution in [0.5, 0.6) is 11.5 Å². The molecule has 1 atom stereocenters. The SMILES string of the molecule is COc1ccc(-c2cccc(CC(NC(=O)OC(C)(C)C)C(=O)O)c2)c(OC)c1. The highest BCUT2D eigenvalue weighted by atomic mass is 16.6. The van der Waals surface area contributed by atoms with Crippen LogP contribution in [0.15, 0.2) is 42.5 Å². The van der Waals surface area contributed by atoms with E-state index in [1.165, 1.54) is 0 Å². The Hall–Kier alpha value is -3.22. The van der Waals surface area contributed by atoms with Crippen LogP contribution in [0.2, 0.25) is 0 Å². The summed E-state index contributed by atoms with van der Waals surface area (Å²) in [5, 5.41) is 11.9. The van der Waals surface area contributed by atoms with Crippen molar-refractivity contribution >= 4 is 12.1 Å². The monoisotopic (exact) mass is 401 g/mol. The first-order chi connectivity index (χ1) is 13.6. The maximum Gasteiger partial charge on any atom is 0.408 e. The second-order valence-corrected chi connectivity index (χ2v) is 7.51. The summed E-state index contributed by atoms with van der Waals surface area (Å²) in [5.41, 5.74) is 1.76. The zero-order valence-corrected chi connectivity index (χ0v) is 17.3. The van der Waals surface area contributed by atoms with Crippen LogP contribution >= 0.6 is 0 Å². The number of rotatable bonds is 7. The molecule has 0 heterocycles. The van der Waals surface area contributed by atoms with Gasteiger partial charge in [-0.1, -0.05) is 24.3 Å². The van der Waals surface area contributed by atoms with Crippen molar-refractivity contribution in [2.75, 3.05) is 14.2 Å². The minimum absolute atomic E-state index is 0.112. The Morgan fingerprint density at radius 1 is 1.07 bits per heavy atom. The van der Waals surface area contributed by atoms with Gasteiger partial charge in [0.05, 0.1) is 14.2 Å². The van der Waals surface area contributed by atoms with Gasteiger partial charge in [0.1, 0.15) is 23.1 Å². The van der Waals surface area contributed by atoms with E-state index in [2.05, 4.69) is 5.32 Å². The summed E-state index contributed by atoms with van der Waals surface area (Å²) in [6.45, 7) is 5.15. The molecule has 7 nitrogen and oxygen atoms in total. The van der Waals surface area contributed by atoms with Gasteiger partial charge in [-0.15, -0.1) is 0 Å². The maximum atomic E-state index is 12.0. The molecular weight excluding hydrogens is 374 g/mol. The Bertz CT molecular complexity index is 872. The van der Waals surface area contributed by atoms with E-state index in [-0.39, 0.29) is 6.42 Å². The standard InChI is InChI=1S/C22H27NO6/c1-22(2,3)29-21(26)23-18(20(24)25)12-14-7-6-8-15(11-14)17-10-9-16(27-4)13-19(17)28-5/h6-11,13,18H,12H2,1-5H3,(H,23,26)(H,24,25). The number of carboxylic acid groups (broad SMARTS) is 1. The number of hydrogen-bond acceptors (Lipinski definition) is 5. The topological polar surface area (TPSA) is 94.1 Å². The highest BCUT2D eigenvalue weighted by Gasteiger charge is 2.24. The first kappa shape index (κ1) is 22.1. The van der Waals surface area contributed by atoms with Crippen LogP contribution in [0.3, 0.4) is 0 Å². The molecule has 0 saturated carbocycles. The number of ether oxygens (including phenoxy) is 3. The quantitative estimate of drug-likeness (QED) is 0.731. The van der Waals surface area contributed by atoms with Crippen LogP contribution in [0.1, 0.15) is 26.3 Å². The molecule has 2 N–H and O–H groups in total. The van der Waals surface area contributed by atoms with Crippen molar-refractivity contribution in [3.63, 3.8) is 0 Å². The molecule has 0 radical (unpaired) electrons. The lowest BCUT2D eigenvalue weighted by atomic mass is 9.98. The van der Waals surface area contributed by atoms with Crippen molar-refractivity contribution in [3.8, 4) is 22.6 Å². The Labute approximate surface area is 170 Å². The zero-order valence-electron chi connectivity index (χ0n) is 17.3. The van der Waals surface area contributed by atoms with Crippen molar-refractivity contribution in [1.29, 1.82) is 0 Å². The number of amides is 1. The van der Waals surface area contributed by atoms with Gasteiger partial charge in [-0.2, -0.15) is 0 Å². The van der Waals surface area contributed by atoms with E-state index in [0.717, 1.165) is 16.7 Å². The summed E-state index contributed by atoms with van der Waals surface area (Å²) in [4.78, 5) is 23.6. The molecule has 0 aliphatic carbocycles. The predicted octanol–water partition coefficient (Wildman–Crippen LogP) is 3.89. The Kier molecular flexibility index (Phi) is 7.09. The normalized spacial score (nSPS) is 12.0. The Morgan fingerprint density at radius 3 is 2.38 bits per heavy atom. The Morgan fingerprint density at radius 2 is 1.79 bits per heavy atom. The van der Waals surface area contributed by atoms with Crippen molar-refractivity contribution < 1.29 is 28.9 Å². The average molecular weight is 401 g/mol. The fourth-order valence-electron chi connectivity index (χ4n) is 2.79. The first-order valence-corrected chi connectivity index (χ1v) is 9.16. The van der Waals surface area contributed by atoms with Gasteiger partial charge in [0.2, 0.25) is 0 Å². The molecule has 0 saturated heterocycles. The number of carboxylic acids is 1. The fourth-order valence-corrected chi connectivity index (χ4v) is 2.79. The van der Waals surface area contributed by atoms with Crippen LogP contribution in [-0.2, 0) is 16.0 Å². The van der Waals surface area contributed by atoms with Gasteiger partial charge >= 0.3 is 12.1 Å². The molecule has 2 aromatic rings. The van der Waals surface area contributed by atoms with E-state index < -0.39 is 23.7 Å². The lowest BCUT2D eigenvalue weighted by molar-refractivity contribution is -0.139. The molecule has 0 aromatic heterocycles. The van der Waals surface area contributed by atoms with Gasteiger partial charge in [-0.25, -0.2) is 9.59 Å². The first-order valence-electron chi connectivity index (χ1n) is 9.16. The fraction of sp³-hybridized carbons (Fsp3) is 0.364. The van der Waals surface area contributed by atoms with E-state index in [1.54, 1.807) is 41.1 Å². The number of aliphatic carboxylic acids is 1. The minimum Gasteiger partial charge on any atom is -0.497 e. The highest BCUT2D eigenvalue weighted by Crippen LogP contribution is 2.33. The van der Waals surface area contributed by atoms with E-state index in [4.69, 9.17) is 14.2 Å². The van der Waals surface area contributed by atoms with Crippen molar-refractivity contribution in [2.24, 2.45) is 0 Å². The number of benzene rings is 2. The lowest BCUT2D eigenvalue weighted by Crippen LogP contribution is -2.44. The molecule has 2 aromatic carbocycles. The summed E-state index contributed by atoms with van der Waals surface area (Å²) in [6, 6.07) is 11.8. The highest BCUT2D eigenvalue weighted by molar-refractivity contribution is 5.80. The van der Waals surface area contributed by atoms with Crippen LogP contribution in [0.25, 0.3) is 11.1 Å². The molecule has 0 fully saturated rings. The van der Waals surface area contributed by atoms with Gasteiger partial charge in [0, 0.05) is 18.1 Å². The second-order valence-electron chi connectivity index (χ2n) is 7.51. The largest absolute Gasteiger partial charge is 0.497 e. The van der Waals surface area contributed by atoms with Gasteiger partial charge in [-0.05, 0) is 44.0 Å². The molecule has 29 heavy (non-hydrogen) atoms. The molecule has 1 unspecified atom stereocenters. The van der Waals surface area contributed by atoms with Crippen LogP contribution < -0.4 is 14.8 Å². The molecule has 0 aliphatic rings. The van der Waals surface area contributed by atoms with Crippen molar-refractivity contribution in [1.82, 2.24) is 5.32 Å². The van der Waals surface area contributed by atoms with Crippen LogP contribution in [0.4, 0.5) is 4.79 Å². The second kappa shape index (κ2) is 9.32. The predicted molar refractivity (Wildman–Crippen MR) is 109 cm³/mol. The molecule has 156 valence electrons. The number of carbonyl (C=O) groups is 2. The summed E-state index contributed by atoms with van der Waals surface area (Å²) >= 11 is 0. The van der Waals surface area contributed by atoms with Gasteiger partial charge < -0.3 is 24.6 Å². The average Bonchev–Trinajstić information content (AvgIpc) is 2.65. The maximum absolute atomic E-state index is 12.0. The summed E-state index contributed by atoms with van der Waals surface area (Å²) in [6.07, 6.45) is -0.654. The van der Waals surface area contributed by atoms with E-state index >= 15 is 0 Å². The van der Waals surface area contributed by atoms with E-state index in [0.29, 0.717) is 11.5 Å². The molecule has 0 aliphatic heterocycles. The van der Waals surface area contributed by atoms with E-state index in [1.807, 2.05) is 36.4 Å². The van der Waals surface area contributed by atoms with Crippen molar-refractivity contribution in [2.45, 2.75) is 38.8 Å².